The number of sulfonamides is 1. The Morgan fingerprint density at radius 2 is 1.80 bits per heavy atom. The van der Waals surface area contributed by atoms with Gasteiger partial charge < -0.3 is 20.6 Å². The van der Waals surface area contributed by atoms with Crippen molar-refractivity contribution in [3.8, 4) is 17.2 Å². The van der Waals surface area contributed by atoms with Crippen LogP contribution in [0.2, 0.25) is 0 Å². The van der Waals surface area contributed by atoms with Crippen molar-refractivity contribution >= 4 is 27.4 Å². The van der Waals surface area contributed by atoms with Gasteiger partial charge in [-0.05, 0) is 31.0 Å². The molecule has 1 aromatic carbocycles. The standard InChI is InChI=1S/C15H15N3O6S/c19-11-4-1-8(5-12(11)20)17-15(22)10-6-14(16-7-13(10)21)18-25(23,24)9-2-3-9/h1,4-7,9,19-21H,2-3H2,(H,16,18)(H,17,22). The van der Waals surface area contributed by atoms with E-state index in [4.69, 9.17) is 0 Å². The molecule has 0 aliphatic heterocycles. The Morgan fingerprint density at radius 3 is 2.44 bits per heavy atom. The zero-order chi connectivity index (χ0) is 18.2. The van der Waals surface area contributed by atoms with Crippen molar-refractivity contribution in [3.63, 3.8) is 0 Å². The van der Waals surface area contributed by atoms with Crippen LogP contribution in [0, 0.1) is 0 Å². The summed E-state index contributed by atoms with van der Waals surface area (Å²) in [5.74, 6) is -2.02. The number of carbonyl (C=O) groups excluding carboxylic acids is 1. The number of benzene rings is 1. The van der Waals surface area contributed by atoms with Gasteiger partial charge in [0.25, 0.3) is 5.91 Å². The minimum absolute atomic E-state index is 0.0802. The molecular formula is C15H15N3O6S. The van der Waals surface area contributed by atoms with Crippen LogP contribution in [0.3, 0.4) is 0 Å². The summed E-state index contributed by atoms with van der Waals surface area (Å²) in [5.41, 5.74) is -0.0207. The van der Waals surface area contributed by atoms with Gasteiger partial charge in [-0.15, -0.1) is 0 Å². The minimum Gasteiger partial charge on any atom is -0.505 e. The van der Waals surface area contributed by atoms with E-state index in [2.05, 4.69) is 15.0 Å². The van der Waals surface area contributed by atoms with Gasteiger partial charge in [0.15, 0.2) is 11.5 Å². The molecule has 0 bridgehead atoms. The molecule has 1 aliphatic carbocycles. The van der Waals surface area contributed by atoms with Crippen LogP contribution in [-0.2, 0) is 10.0 Å². The van der Waals surface area contributed by atoms with Gasteiger partial charge in [-0.25, -0.2) is 13.4 Å². The molecule has 1 aliphatic rings. The highest BCUT2D eigenvalue weighted by atomic mass is 32.2. The van der Waals surface area contributed by atoms with Crippen molar-refractivity contribution in [2.75, 3.05) is 10.0 Å². The van der Waals surface area contributed by atoms with Crippen LogP contribution in [0.5, 0.6) is 17.2 Å². The molecule has 1 saturated carbocycles. The highest BCUT2D eigenvalue weighted by Crippen LogP contribution is 2.31. The first-order valence-corrected chi connectivity index (χ1v) is 8.85. The molecule has 10 heteroatoms. The van der Waals surface area contributed by atoms with Crippen LogP contribution in [0.25, 0.3) is 0 Å². The number of aromatic nitrogens is 1. The fourth-order valence-electron chi connectivity index (χ4n) is 2.09. The van der Waals surface area contributed by atoms with E-state index in [1.807, 2.05) is 0 Å². The number of carbonyl (C=O) groups is 1. The van der Waals surface area contributed by atoms with Crippen LogP contribution < -0.4 is 10.0 Å². The average molecular weight is 365 g/mol. The van der Waals surface area contributed by atoms with E-state index < -0.39 is 32.7 Å². The topological polar surface area (TPSA) is 149 Å². The molecule has 1 amide bonds. The van der Waals surface area contributed by atoms with Gasteiger partial charge in [0.2, 0.25) is 10.0 Å². The maximum absolute atomic E-state index is 12.3. The quantitative estimate of drug-likeness (QED) is 0.396. The van der Waals surface area contributed by atoms with E-state index in [-0.39, 0.29) is 22.8 Å². The summed E-state index contributed by atoms with van der Waals surface area (Å²) in [5, 5.41) is 30.5. The second-order valence-electron chi connectivity index (χ2n) is 5.59. The Labute approximate surface area is 143 Å². The molecule has 9 nitrogen and oxygen atoms in total. The Bertz CT molecular complexity index is 940. The SMILES string of the molecule is O=C(Nc1ccc(O)c(O)c1)c1cc(NS(=O)(=O)C2CC2)ncc1O. The van der Waals surface area contributed by atoms with Crippen LogP contribution in [0.15, 0.2) is 30.5 Å². The number of pyridine rings is 1. The van der Waals surface area contributed by atoms with E-state index in [0.29, 0.717) is 12.8 Å². The van der Waals surface area contributed by atoms with Crippen molar-refractivity contribution in [2.45, 2.75) is 18.1 Å². The molecule has 3 rings (SSSR count). The molecule has 132 valence electrons. The number of anilines is 2. The molecular weight excluding hydrogens is 350 g/mol. The lowest BCUT2D eigenvalue weighted by Crippen LogP contribution is -2.19. The van der Waals surface area contributed by atoms with Gasteiger partial charge in [-0.3, -0.25) is 9.52 Å². The van der Waals surface area contributed by atoms with Crippen LogP contribution in [0.1, 0.15) is 23.2 Å². The molecule has 1 aromatic heterocycles. The Kier molecular flexibility index (Phi) is 4.13. The lowest BCUT2D eigenvalue weighted by molar-refractivity contribution is 0.102. The maximum Gasteiger partial charge on any atom is 0.259 e. The number of nitrogens with zero attached hydrogens (tertiary/aromatic N) is 1. The van der Waals surface area contributed by atoms with E-state index in [9.17, 15) is 28.5 Å². The molecule has 0 radical (unpaired) electrons. The summed E-state index contributed by atoms with van der Waals surface area (Å²) in [6, 6.07) is 4.78. The third-order valence-electron chi connectivity index (χ3n) is 3.57. The Hall–Kier alpha value is -3.01. The summed E-state index contributed by atoms with van der Waals surface area (Å²) in [6.07, 6.45) is 2.12. The van der Waals surface area contributed by atoms with E-state index >= 15 is 0 Å². The van der Waals surface area contributed by atoms with E-state index in [1.54, 1.807) is 0 Å². The zero-order valence-electron chi connectivity index (χ0n) is 12.8. The minimum atomic E-state index is -3.55. The smallest absolute Gasteiger partial charge is 0.259 e. The van der Waals surface area contributed by atoms with Gasteiger partial charge in [0.1, 0.15) is 11.6 Å². The Balaban J connectivity index is 1.81. The van der Waals surface area contributed by atoms with Gasteiger partial charge in [-0.1, -0.05) is 0 Å². The van der Waals surface area contributed by atoms with E-state index in [0.717, 1.165) is 18.3 Å². The lowest BCUT2D eigenvalue weighted by Gasteiger charge is -2.10. The molecule has 0 atom stereocenters. The number of rotatable bonds is 5. The van der Waals surface area contributed by atoms with Crippen molar-refractivity contribution in [1.82, 2.24) is 4.98 Å². The van der Waals surface area contributed by atoms with Crippen molar-refractivity contribution < 1.29 is 28.5 Å². The fraction of sp³-hybridized carbons (Fsp3) is 0.200. The zero-order valence-corrected chi connectivity index (χ0v) is 13.6. The number of phenolic OH excluding ortho intramolecular Hbond substituents is 2. The van der Waals surface area contributed by atoms with Crippen LogP contribution in [0.4, 0.5) is 11.5 Å². The number of aromatic hydroxyl groups is 3. The summed E-state index contributed by atoms with van der Waals surface area (Å²) >= 11 is 0. The van der Waals surface area contributed by atoms with Gasteiger partial charge >= 0.3 is 0 Å². The number of hydrogen-bond donors (Lipinski definition) is 5. The predicted octanol–water partition coefficient (Wildman–Crippen LogP) is 1.35. The highest BCUT2D eigenvalue weighted by molar-refractivity contribution is 7.93. The predicted molar refractivity (Wildman–Crippen MR) is 89.2 cm³/mol. The fourth-order valence-corrected chi connectivity index (χ4v) is 3.42. The molecule has 2 aromatic rings. The first kappa shape index (κ1) is 16.8. The third kappa shape index (κ3) is 3.74. The summed E-state index contributed by atoms with van der Waals surface area (Å²) in [7, 11) is -3.55. The summed E-state index contributed by atoms with van der Waals surface area (Å²) in [4.78, 5) is 16.0. The molecule has 0 unspecified atom stereocenters. The largest absolute Gasteiger partial charge is 0.505 e. The van der Waals surface area contributed by atoms with Gasteiger partial charge in [0.05, 0.1) is 17.0 Å². The second kappa shape index (κ2) is 6.13. The second-order valence-corrected chi connectivity index (χ2v) is 7.55. The molecule has 0 spiro atoms. The van der Waals surface area contributed by atoms with Gasteiger partial charge in [-0.2, -0.15) is 0 Å². The first-order chi connectivity index (χ1) is 11.8. The number of hydrogen-bond acceptors (Lipinski definition) is 7. The highest BCUT2D eigenvalue weighted by Gasteiger charge is 2.36. The molecule has 0 saturated heterocycles. The third-order valence-corrected chi connectivity index (χ3v) is 5.41. The maximum atomic E-state index is 12.3. The van der Waals surface area contributed by atoms with Gasteiger partial charge in [0, 0.05) is 11.8 Å². The number of phenols is 2. The Morgan fingerprint density at radius 1 is 1.08 bits per heavy atom. The van der Waals surface area contributed by atoms with Crippen molar-refractivity contribution in [3.05, 3.63) is 36.0 Å². The molecule has 1 heterocycles. The normalized spacial score (nSPS) is 14.1. The number of nitrogens with one attached hydrogen (secondary N) is 2. The monoisotopic (exact) mass is 365 g/mol. The average Bonchev–Trinajstić information content (AvgIpc) is 3.38. The molecule has 1 fully saturated rings. The first-order valence-electron chi connectivity index (χ1n) is 7.30. The summed E-state index contributed by atoms with van der Waals surface area (Å²) < 4.78 is 26.1. The molecule has 5 N–H and O–H groups in total. The van der Waals surface area contributed by atoms with Crippen LogP contribution >= 0.6 is 0 Å². The van der Waals surface area contributed by atoms with E-state index in [1.165, 1.54) is 12.1 Å². The number of amides is 1. The van der Waals surface area contributed by atoms with Crippen molar-refractivity contribution in [2.24, 2.45) is 0 Å². The van der Waals surface area contributed by atoms with Crippen LogP contribution in [-0.4, -0.2) is 39.9 Å². The summed E-state index contributed by atoms with van der Waals surface area (Å²) in [6.45, 7) is 0. The van der Waals surface area contributed by atoms with Crippen molar-refractivity contribution in [1.29, 1.82) is 0 Å². The molecule has 25 heavy (non-hydrogen) atoms. The lowest BCUT2D eigenvalue weighted by atomic mass is 10.2.